The molecule has 63 valence electrons. The minimum absolute atomic E-state index is 0.160. The summed E-state index contributed by atoms with van der Waals surface area (Å²) in [6.07, 6.45) is 0. The molecule has 0 aliphatic carbocycles. The Bertz CT molecular complexity index is 139. The first-order valence-corrected chi connectivity index (χ1v) is 3.89. The molecule has 1 amide bonds. The Labute approximate surface area is 67.3 Å². The van der Waals surface area contributed by atoms with Crippen molar-refractivity contribution in [2.45, 2.75) is 13.8 Å². The van der Waals surface area contributed by atoms with E-state index in [0.29, 0.717) is 13.2 Å². The molecule has 1 radical (unpaired) electrons. The van der Waals surface area contributed by atoms with E-state index in [0.717, 1.165) is 19.0 Å². The van der Waals surface area contributed by atoms with Crippen molar-refractivity contribution in [3.8, 4) is 0 Å². The normalized spacial score (nSPS) is 19.0. The van der Waals surface area contributed by atoms with Crippen LogP contribution in [-0.2, 0) is 9.53 Å². The zero-order valence-corrected chi connectivity index (χ0v) is 7.09. The molecule has 3 heteroatoms. The zero-order valence-electron chi connectivity index (χ0n) is 7.09. The second-order valence-electron chi connectivity index (χ2n) is 2.90. The number of amides is 1. The van der Waals surface area contributed by atoms with Crippen LogP contribution in [0.3, 0.4) is 0 Å². The Morgan fingerprint density at radius 2 is 1.82 bits per heavy atom. The summed E-state index contributed by atoms with van der Waals surface area (Å²) in [5.74, 6) is 1.01. The summed E-state index contributed by atoms with van der Waals surface area (Å²) in [6, 6.07) is 0. The van der Waals surface area contributed by atoms with Gasteiger partial charge in [0.1, 0.15) is 0 Å². The molecule has 0 spiro atoms. The van der Waals surface area contributed by atoms with Crippen LogP contribution < -0.4 is 0 Å². The van der Waals surface area contributed by atoms with Crippen molar-refractivity contribution in [2.75, 3.05) is 26.3 Å². The smallest absolute Gasteiger partial charge is 0.229 e. The lowest BCUT2D eigenvalue weighted by Crippen LogP contribution is -2.42. The number of ether oxygens (including phenoxy) is 1. The molecule has 0 aromatic carbocycles. The van der Waals surface area contributed by atoms with Crippen LogP contribution in [0.25, 0.3) is 0 Å². The van der Waals surface area contributed by atoms with Gasteiger partial charge in [0.05, 0.1) is 19.1 Å². The number of carbonyl (C=O) groups excluding carboxylic acids is 1. The first-order valence-electron chi connectivity index (χ1n) is 3.89. The lowest BCUT2D eigenvalue weighted by atomic mass is 10.2. The monoisotopic (exact) mass is 156 g/mol. The highest BCUT2D eigenvalue weighted by atomic mass is 16.5. The predicted octanol–water partition coefficient (Wildman–Crippen LogP) is 0.459. The van der Waals surface area contributed by atoms with Crippen LogP contribution in [0.2, 0.25) is 0 Å². The highest BCUT2D eigenvalue weighted by Crippen LogP contribution is 2.05. The summed E-state index contributed by atoms with van der Waals surface area (Å²) in [4.78, 5) is 13.2. The maximum Gasteiger partial charge on any atom is 0.229 e. The van der Waals surface area contributed by atoms with Crippen LogP contribution in [0, 0.1) is 5.92 Å². The maximum atomic E-state index is 11.3. The van der Waals surface area contributed by atoms with Crippen LogP contribution in [0.1, 0.15) is 13.8 Å². The van der Waals surface area contributed by atoms with Gasteiger partial charge in [0.25, 0.3) is 0 Å². The molecule has 1 rings (SSSR count). The van der Waals surface area contributed by atoms with Gasteiger partial charge in [0, 0.05) is 13.1 Å². The third kappa shape index (κ3) is 2.19. The number of hydrogen-bond donors (Lipinski definition) is 0. The molecule has 0 unspecified atom stereocenters. The largest absolute Gasteiger partial charge is 0.378 e. The number of morpholine rings is 1. The fourth-order valence-corrected chi connectivity index (χ4v) is 1.08. The van der Waals surface area contributed by atoms with Gasteiger partial charge in [-0.15, -0.1) is 0 Å². The highest BCUT2D eigenvalue weighted by Gasteiger charge is 2.19. The average Bonchev–Trinajstić information content (AvgIpc) is 2.05. The van der Waals surface area contributed by atoms with E-state index in [2.05, 4.69) is 0 Å². The van der Waals surface area contributed by atoms with Gasteiger partial charge in [-0.25, -0.2) is 0 Å². The molecule has 3 nitrogen and oxygen atoms in total. The van der Waals surface area contributed by atoms with Gasteiger partial charge in [-0.3, -0.25) is 4.79 Å². The fraction of sp³-hybridized carbons (Fsp3) is 0.750. The van der Waals surface area contributed by atoms with Crippen LogP contribution in [0.15, 0.2) is 0 Å². The maximum absolute atomic E-state index is 11.3. The van der Waals surface area contributed by atoms with E-state index in [9.17, 15) is 4.79 Å². The standard InChI is InChI=1S/C8H14NO2/c1-7(2)8(10)9-3-5-11-6-4-9/h3-6H2,1-2H3. The second kappa shape index (κ2) is 3.72. The SMILES string of the molecule is C[C](C)C(=O)N1CCOCC1. The van der Waals surface area contributed by atoms with E-state index < -0.39 is 0 Å². The Morgan fingerprint density at radius 1 is 1.27 bits per heavy atom. The zero-order chi connectivity index (χ0) is 8.27. The van der Waals surface area contributed by atoms with E-state index in [1.807, 2.05) is 18.7 Å². The summed E-state index contributed by atoms with van der Waals surface area (Å²) < 4.78 is 5.13. The Kier molecular flexibility index (Phi) is 2.88. The van der Waals surface area contributed by atoms with E-state index in [4.69, 9.17) is 4.74 Å². The van der Waals surface area contributed by atoms with Crippen LogP contribution in [0.5, 0.6) is 0 Å². The van der Waals surface area contributed by atoms with Crippen molar-refractivity contribution in [1.82, 2.24) is 4.90 Å². The molecule has 0 aromatic rings. The number of carbonyl (C=O) groups is 1. The minimum atomic E-state index is 0.160. The Balaban J connectivity index is 2.39. The van der Waals surface area contributed by atoms with Crippen LogP contribution in [0.4, 0.5) is 0 Å². The van der Waals surface area contributed by atoms with Crippen molar-refractivity contribution in [1.29, 1.82) is 0 Å². The van der Waals surface area contributed by atoms with Gasteiger partial charge in [-0.2, -0.15) is 0 Å². The molecule has 1 aliphatic rings. The molecular weight excluding hydrogens is 142 g/mol. The quantitative estimate of drug-likeness (QED) is 0.552. The molecule has 1 saturated heterocycles. The molecular formula is C8H14NO2. The van der Waals surface area contributed by atoms with Crippen molar-refractivity contribution in [2.24, 2.45) is 0 Å². The minimum Gasteiger partial charge on any atom is -0.378 e. The number of hydrogen-bond acceptors (Lipinski definition) is 2. The fourth-order valence-electron chi connectivity index (χ4n) is 1.08. The molecule has 0 bridgehead atoms. The highest BCUT2D eigenvalue weighted by molar-refractivity contribution is 5.88. The number of nitrogens with zero attached hydrogens (tertiary/aromatic N) is 1. The first kappa shape index (κ1) is 8.53. The average molecular weight is 156 g/mol. The molecule has 11 heavy (non-hydrogen) atoms. The van der Waals surface area contributed by atoms with Crippen molar-refractivity contribution in [3.63, 3.8) is 0 Å². The summed E-state index contributed by atoms with van der Waals surface area (Å²) >= 11 is 0. The second-order valence-corrected chi connectivity index (χ2v) is 2.90. The Morgan fingerprint density at radius 3 is 2.27 bits per heavy atom. The third-order valence-electron chi connectivity index (χ3n) is 1.73. The van der Waals surface area contributed by atoms with Gasteiger partial charge < -0.3 is 9.64 Å². The molecule has 1 fully saturated rings. The molecule has 0 aromatic heterocycles. The van der Waals surface area contributed by atoms with Crippen molar-refractivity contribution < 1.29 is 9.53 Å². The van der Waals surface area contributed by atoms with E-state index in [-0.39, 0.29) is 5.91 Å². The lowest BCUT2D eigenvalue weighted by molar-refractivity contribution is -0.132. The predicted molar refractivity (Wildman–Crippen MR) is 42.0 cm³/mol. The summed E-state index contributed by atoms with van der Waals surface area (Å²) in [5, 5.41) is 0. The van der Waals surface area contributed by atoms with Gasteiger partial charge in [-0.05, 0) is 13.8 Å². The summed E-state index contributed by atoms with van der Waals surface area (Å²) in [5.41, 5.74) is 0. The first-order chi connectivity index (χ1) is 5.22. The molecule has 1 heterocycles. The van der Waals surface area contributed by atoms with Gasteiger partial charge in [0.2, 0.25) is 5.91 Å². The Hall–Kier alpha value is -0.570. The van der Waals surface area contributed by atoms with Gasteiger partial charge >= 0.3 is 0 Å². The summed E-state index contributed by atoms with van der Waals surface area (Å²) in [6.45, 7) is 6.53. The molecule has 0 atom stereocenters. The molecule has 0 N–H and O–H groups in total. The molecule has 0 saturated carbocycles. The van der Waals surface area contributed by atoms with Gasteiger partial charge in [0.15, 0.2) is 0 Å². The van der Waals surface area contributed by atoms with Crippen LogP contribution >= 0.6 is 0 Å². The number of rotatable bonds is 1. The summed E-state index contributed by atoms with van der Waals surface area (Å²) in [7, 11) is 0. The van der Waals surface area contributed by atoms with Crippen molar-refractivity contribution >= 4 is 5.91 Å². The van der Waals surface area contributed by atoms with E-state index >= 15 is 0 Å². The molecule has 1 aliphatic heterocycles. The van der Waals surface area contributed by atoms with Gasteiger partial charge in [-0.1, -0.05) is 0 Å². The van der Waals surface area contributed by atoms with Crippen molar-refractivity contribution in [3.05, 3.63) is 5.92 Å². The lowest BCUT2D eigenvalue weighted by Gasteiger charge is -2.27. The van der Waals surface area contributed by atoms with E-state index in [1.165, 1.54) is 0 Å². The van der Waals surface area contributed by atoms with E-state index in [1.54, 1.807) is 0 Å². The third-order valence-corrected chi connectivity index (χ3v) is 1.73. The topological polar surface area (TPSA) is 29.5 Å². The van der Waals surface area contributed by atoms with Crippen LogP contribution in [-0.4, -0.2) is 37.1 Å².